The second-order valence-corrected chi connectivity index (χ2v) is 2.72. The number of aromatic nitrogens is 4. The molecule has 0 fully saturated rings. The molecule has 0 amide bonds. The number of esters is 1. The molecule has 2 rings (SSSR count). The number of ether oxygens (including phenoxy) is 1. The summed E-state index contributed by atoms with van der Waals surface area (Å²) in [4.78, 5) is 22.9. The topological polar surface area (TPSA) is 69.9 Å². The Kier molecular flexibility index (Phi) is 2.40. The minimum Gasteiger partial charge on any atom is -0.464 e. The summed E-state index contributed by atoms with van der Waals surface area (Å²) in [5.41, 5.74) is 0.182. The Hall–Kier alpha value is -2.24. The first-order valence-corrected chi connectivity index (χ1v) is 4.20. The van der Waals surface area contributed by atoms with Crippen LogP contribution in [0.2, 0.25) is 0 Å². The zero-order valence-electron chi connectivity index (χ0n) is 7.99. The standard InChI is InChI=1S/C9H8N4O2/c1-15-9(14)7-4-12-8(5-11-7)13-3-2-10-6-13/h2-6H,1H3. The van der Waals surface area contributed by atoms with Crippen LogP contribution in [-0.2, 0) is 4.74 Å². The van der Waals surface area contributed by atoms with E-state index in [0.29, 0.717) is 5.82 Å². The number of hydrogen-bond donors (Lipinski definition) is 0. The van der Waals surface area contributed by atoms with Crippen molar-refractivity contribution in [1.82, 2.24) is 19.5 Å². The Labute approximate surface area is 85.6 Å². The second-order valence-electron chi connectivity index (χ2n) is 2.72. The number of carbonyl (C=O) groups excluding carboxylic acids is 1. The summed E-state index contributed by atoms with van der Waals surface area (Å²) in [6, 6.07) is 0. The molecule has 0 saturated carbocycles. The van der Waals surface area contributed by atoms with E-state index < -0.39 is 5.97 Å². The maximum absolute atomic E-state index is 11.1. The zero-order chi connectivity index (χ0) is 10.7. The summed E-state index contributed by atoms with van der Waals surface area (Å²) in [7, 11) is 1.30. The first kappa shape index (κ1) is 9.32. The number of carbonyl (C=O) groups is 1. The SMILES string of the molecule is COC(=O)c1cnc(-n2ccnc2)cn1. The third-order valence-electron chi connectivity index (χ3n) is 1.80. The Morgan fingerprint density at radius 3 is 2.80 bits per heavy atom. The molecule has 0 N–H and O–H groups in total. The molecule has 0 aliphatic rings. The van der Waals surface area contributed by atoms with Crippen LogP contribution in [0.1, 0.15) is 10.5 Å². The van der Waals surface area contributed by atoms with E-state index in [1.807, 2.05) is 0 Å². The molecular formula is C9H8N4O2. The quantitative estimate of drug-likeness (QED) is 0.664. The van der Waals surface area contributed by atoms with Crippen molar-refractivity contribution in [3.8, 4) is 5.82 Å². The highest BCUT2D eigenvalue weighted by Crippen LogP contribution is 2.02. The molecule has 2 aromatic rings. The summed E-state index contributed by atoms with van der Waals surface area (Å²) in [5, 5.41) is 0. The van der Waals surface area contributed by atoms with Crippen molar-refractivity contribution in [2.75, 3.05) is 7.11 Å². The first-order valence-electron chi connectivity index (χ1n) is 4.20. The molecule has 6 nitrogen and oxygen atoms in total. The Balaban J connectivity index is 2.29. The van der Waals surface area contributed by atoms with Gasteiger partial charge in [-0.2, -0.15) is 0 Å². The molecule has 6 heteroatoms. The summed E-state index contributed by atoms with van der Waals surface area (Å²) >= 11 is 0. The lowest BCUT2D eigenvalue weighted by atomic mass is 10.4. The molecule has 0 bridgehead atoms. The summed E-state index contributed by atoms with van der Waals surface area (Å²) in [6.45, 7) is 0. The third-order valence-corrected chi connectivity index (χ3v) is 1.80. The van der Waals surface area contributed by atoms with E-state index in [9.17, 15) is 4.79 Å². The van der Waals surface area contributed by atoms with Gasteiger partial charge in [-0.15, -0.1) is 0 Å². The molecule has 0 saturated heterocycles. The van der Waals surface area contributed by atoms with Crippen LogP contribution in [0.3, 0.4) is 0 Å². The van der Waals surface area contributed by atoms with Crippen LogP contribution in [0.4, 0.5) is 0 Å². The molecule has 0 radical (unpaired) electrons. The van der Waals surface area contributed by atoms with Crippen LogP contribution in [0.5, 0.6) is 0 Å². The smallest absolute Gasteiger partial charge is 0.358 e. The second kappa shape index (κ2) is 3.87. The molecule has 0 spiro atoms. The molecular weight excluding hydrogens is 196 g/mol. The molecule has 76 valence electrons. The van der Waals surface area contributed by atoms with Crippen LogP contribution >= 0.6 is 0 Å². The van der Waals surface area contributed by atoms with E-state index in [1.165, 1.54) is 19.5 Å². The van der Waals surface area contributed by atoms with Gasteiger partial charge in [0.05, 0.1) is 19.5 Å². The molecule has 2 heterocycles. The van der Waals surface area contributed by atoms with E-state index in [4.69, 9.17) is 0 Å². The lowest BCUT2D eigenvalue weighted by Crippen LogP contribution is -2.06. The van der Waals surface area contributed by atoms with E-state index in [2.05, 4.69) is 19.7 Å². The van der Waals surface area contributed by atoms with Crippen LogP contribution in [0.25, 0.3) is 5.82 Å². The highest BCUT2D eigenvalue weighted by Gasteiger charge is 2.07. The summed E-state index contributed by atoms with van der Waals surface area (Å²) in [5.74, 6) is 0.0971. The predicted molar refractivity (Wildman–Crippen MR) is 50.5 cm³/mol. The molecule has 15 heavy (non-hydrogen) atoms. The van der Waals surface area contributed by atoms with Gasteiger partial charge in [-0.05, 0) is 0 Å². The normalized spacial score (nSPS) is 9.93. The number of nitrogens with zero attached hydrogens (tertiary/aromatic N) is 4. The monoisotopic (exact) mass is 204 g/mol. The van der Waals surface area contributed by atoms with Crippen LogP contribution in [0.15, 0.2) is 31.1 Å². The number of hydrogen-bond acceptors (Lipinski definition) is 5. The highest BCUT2D eigenvalue weighted by atomic mass is 16.5. The van der Waals surface area contributed by atoms with Gasteiger partial charge in [0.2, 0.25) is 0 Å². The van der Waals surface area contributed by atoms with Crippen LogP contribution < -0.4 is 0 Å². The Morgan fingerprint density at radius 1 is 1.40 bits per heavy atom. The van der Waals surface area contributed by atoms with Gasteiger partial charge in [0, 0.05) is 12.4 Å². The zero-order valence-corrected chi connectivity index (χ0v) is 7.99. The number of methoxy groups -OCH3 is 1. The van der Waals surface area contributed by atoms with Crippen molar-refractivity contribution < 1.29 is 9.53 Å². The van der Waals surface area contributed by atoms with Crippen molar-refractivity contribution in [2.45, 2.75) is 0 Å². The van der Waals surface area contributed by atoms with Crippen LogP contribution in [-0.4, -0.2) is 32.6 Å². The fourth-order valence-electron chi connectivity index (χ4n) is 1.06. The van der Waals surface area contributed by atoms with Gasteiger partial charge in [0.1, 0.15) is 6.33 Å². The molecule has 0 aliphatic carbocycles. The van der Waals surface area contributed by atoms with E-state index in [0.717, 1.165) is 0 Å². The Bertz CT molecular complexity index is 449. The van der Waals surface area contributed by atoms with Gasteiger partial charge >= 0.3 is 5.97 Å². The van der Waals surface area contributed by atoms with Crippen molar-refractivity contribution in [2.24, 2.45) is 0 Å². The first-order chi connectivity index (χ1) is 7.31. The number of rotatable bonds is 2. The van der Waals surface area contributed by atoms with Gasteiger partial charge in [-0.25, -0.2) is 19.7 Å². The maximum atomic E-state index is 11.1. The summed E-state index contributed by atoms with van der Waals surface area (Å²) in [6.07, 6.45) is 7.81. The largest absolute Gasteiger partial charge is 0.464 e. The number of imidazole rings is 1. The molecule has 0 unspecified atom stereocenters. The molecule has 2 aromatic heterocycles. The molecule has 0 aromatic carbocycles. The minimum absolute atomic E-state index is 0.182. The van der Waals surface area contributed by atoms with Crippen molar-refractivity contribution in [1.29, 1.82) is 0 Å². The van der Waals surface area contributed by atoms with Crippen molar-refractivity contribution >= 4 is 5.97 Å². The van der Waals surface area contributed by atoms with Gasteiger partial charge in [-0.3, -0.25) is 4.57 Å². The van der Waals surface area contributed by atoms with Gasteiger partial charge in [0.25, 0.3) is 0 Å². The molecule has 0 atom stereocenters. The highest BCUT2D eigenvalue weighted by molar-refractivity contribution is 5.86. The van der Waals surface area contributed by atoms with E-state index >= 15 is 0 Å². The van der Waals surface area contributed by atoms with E-state index in [-0.39, 0.29) is 5.69 Å². The van der Waals surface area contributed by atoms with Gasteiger partial charge < -0.3 is 4.74 Å². The lowest BCUT2D eigenvalue weighted by molar-refractivity contribution is 0.0593. The van der Waals surface area contributed by atoms with Crippen molar-refractivity contribution in [3.05, 3.63) is 36.8 Å². The molecule has 0 aliphatic heterocycles. The average Bonchev–Trinajstić information content (AvgIpc) is 2.82. The maximum Gasteiger partial charge on any atom is 0.358 e. The van der Waals surface area contributed by atoms with Gasteiger partial charge in [0.15, 0.2) is 11.5 Å². The average molecular weight is 204 g/mol. The fraction of sp³-hybridized carbons (Fsp3) is 0.111. The fourth-order valence-corrected chi connectivity index (χ4v) is 1.06. The van der Waals surface area contributed by atoms with E-state index in [1.54, 1.807) is 23.3 Å². The Morgan fingerprint density at radius 2 is 2.27 bits per heavy atom. The summed E-state index contributed by atoms with van der Waals surface area (Å²) < 4.78 is 6.19. The lowest BCUT2D eigenvalue weighted by Gasteiger charge is -2.01. The van der Waals surface area contributed by atoms with Crippen molar-refractivity contribution in [3.63, 3.8) is 0 Å². The van der Waals surface area contributed by atoms with Gasteiger partial charge in [-0.1, -0.05) is 0 Å². The predicted octanol–water partition coefficient (Wildman–Crippen LogP) is 0.449. The van der Waals surface area contributed by atoms with Crippen LogP contribution in [0, 0.1) is 0 Å². The third kappa shape index (κ3) is 1.83. The minimum atomic E-state index is -0.500.